The number of aromatic nitrogens is 3. The SMILES string of the molecule is O=C1CCC(N2Cc3cc(-n4cc(C(=O)NCC5OCCOC56CCC6)nn4)ccc3C2=O)C(=O)N1. The molecule has 6 rings (SSSR count). The maximum atomic E-state index is 12.9. The third kappa shape index (κ3) is 3.86. The summed E-state index contributed by atoms with van der Waals surface area (Å²) in [4.78, 5) is 50.8. The van der Waals surface area contributed by atoms with Crippen LogP contribution in [0.5, 0.6) is 0 Å². The molecule has 1 aliphatic carbocycles. The second-order valence-corrected chi connectivity index (χ2v) is 9.63. The molecule has 1 aromatic carbocycles. The molecule has 36 heavy (non-hydrogen) atoms. The normalized spacial score (nSPS) is 24.9. The van der Waals surface area contributed by atoms with E-state index in [0.29, 0.717) is 37.4 Å². The average Bonchev–Trinajstić information content (AvgIpc) is 3.47. The standard InChI is InChI=1S/C24H26N6O6/c31-20-5-4-18(22(33)26-20)29-12-14-10-15(2-3-16(14)23(29)34)30-13-17(27-28-30)21(32)25-11-19-24(6-1-7-24)36-9-8-35-19/h2-3,10,13,18-19H,1,4-9,11-12H2,(H,25,32)(H,26,31,33). The number of imide groups is 1. The minimum Gasteiger partial charge on any atom is -0.371 e. The minimum atomic E-state index is -0.676. The molecular weight excluding hydrogens is 468 g/mol. The summed E-state index contributed by atoms with van der Waals surface area (Å²) in [5.41, 5.74) is 1.75. The lowest BCUT2D eigenvalue weighted by Gasteiger charge is -2.49. The number of nitrogens with zero attached hydrogens (tertiary/aromatic N) is 4. The monoisotopic (exact) mass is 494 g/mol. The summed E-state index contributed by atoms with van der Waals surface area (Å²) >= 11 is 0. The molecule has 2 aromatic rings. The van der Waals surface area contributed by atoms with Crippen molar-refractivity contribution in [1.29, 1.82) is 0 Å². The van der Waals surface area contributed by atoms with Crippen LogP contribution in [0.4, 0.5) is 0 Å². The second-order valence-electron chi connectivity index (χ2n) is 9.63. The van der Waals surface area contributed by atoms with Gasteiger partial charge in [-0.1, -0.05) is 5.21 Å². The third-order valence-corrected chi connectivity index (χ3v) is 7.52. The predicted molar refractivity (Wildman–Crippen MR) is 122 cm³/mol. The quantitative estimate of drug-likeness (QED) is 0.557. The molecule has 3 fully saturated rings. The predicted octanol–water partition coefficient (Wildman–Crippen LogP) is 0.0962. The number of hydrogen-bond acceptors (Lipinski definition) is 8. The molecule has 3 aliphatic heterocycles. The first-order valence-corrected chi connectivity index (χ1v) is 12.2. The summed E-state index contributed by atoms with van der Waals surface area (Å²) in [6.45, 7) is 1.68. The Bertz CT molecular complexity index is 1250. The van der Waals surface area contributed by atoms with Crippen LogP contribution in [0.15, 0.2) is 24.4 Å². The summed E-state index contributed by atoms with van der Waals surface area (Å²) in [5, 5.41) is 13.3. The van der Waals surface area contributed by atoms with Crippen molar-refractivity contribution < 1.29 is 28.7 Å². The second kappa shape index (κ2) is 8.79. The van der Waals surface area contributed by atoms with Crippen LogP contribution in [-0.4, -0.2) is 81.0 Å². The number of fused-ring (bicyclic) bond motifs is 1. The maximum Gasteiger partial charge on any atom is 0.273 e. The van der Waals surface area contributed by atoms with Gasteiger partial charge in [-0.25, -0.2) is 4.68 Å². The highest BCUT2D eigenvalue weighted by molar-refractivity contribution is 6.05. The van der Waals surface area contributed by atoms with Crippen molar-refractivity contribution in [2.75, 3.05) is 19.8 Å². The van der Waals surface area contributed by atoms with Gasteiger partial charge in [0.05, 0.1) is 30.7 Å². The number of amides is 4. The topological polar surface area (TPSA) is 145 Å². The molecule has 2 N–H and O–H groups in total. The van der Waals surface area contributed by atoms with Gasteiger partial charge >= 0.3 is 0 Å². The fourth-order valence-corrected chi connectivity index (χ4v) is 5.39. The van der Waals surface area contributed by atoms with Crippen LogP contribution in [0.2, 0.25) is 0 Å². The molecule has 0 radical (unpaired) electrons. The molecule has 4 amide bonds. The van der Waals surface area contributed by atoms with E-state index >= 15 is 0 Å². The zero-order valence-corrected chi connectivity index (χ0v) is 19.6. The Hall–Kier alpha value is -3.64. The van der Waals surface area contributed by atoms with Crippen molar-refractivity contribution in [2.24, 2.45) is 0 Å². The van der Waals surface area contributed by atoms with Gasteiger partial charge in [0.25, 0.3) is 11.8 Å². The van der Waals surface area contributed by atoms with Crippen molar-refractivity contribution in [1.82, 2.24) is 30.5 Å². The maximum absolute atomic E-state index is 12.9. The van der Waals surface area contributed by atoms with Crippen LogP contribution in [-0.2, 0) is 25.6 Å². The van der Waals surface area contributed by atoms with E-state index in [2.05, 4.69) is 20.9 Å². The molecule has 0 bridgehead atoms. The lowest BCUT2D eigenvalue weighted by molar-refractivity contribution is -0.232. The number of ether oxygens (including phenoxy) is 2. The van der Waals surface area contributed by atoms with Crippen LogP contribution in [0.25, 0.3) is 5.69 Å². The van der Waals surface area contributed by atoms with Crippen LogP contribution in [0.3, 0.4) is 0 Å². The van der Waals surface area contributed by atoms with E-state index < -0.39 is 11.9 Å². The molecule has 2 atom stereocenters. The van der Waals surface area contributed by atoms with E-state index in [4.69, 9.17) is 9.47 Å². The summed E-state index contributed by atoms with van der Waals surface area (Å²) in [7, 11) is 0. The fraction of sp³-hybridized carbons (Fsp3) is 0.500. The Balaban J connectivity index is 1.12. The zero-order chi connectivity index (χ0) is 24.9. The van der Waals surface area contributed by atoms with Crippen molar-refractivity contribution >= 4 is 23.6 Å². The molecule has 2 saturated heterocycles. The van der Waals surface area contributed by atoms with Gasteiger partial charge in [0.15, 0.2) is 5.69 Å². The molecule has 4 heterocycles. The smallest absolute Gasteiger partial charge is 0.273 e. The van der Waals surface area contributed by atoms with Crippen LogP contribution >= 0.6 is 0 Å². The van der Waals surface area contributed by atoms with Crippen molar-refractivity contribution in [3.63, 3.8) is 0 Å². The molecule has 1 saturated carbocycles. The molecule has 12 nitrogen and oxygen atoms in total. The van der Waals surface area contributed by atoms with E-state index in [-0.39, 0.29) is 48.1 Å². The average molecular weight is 495 g/mol. The Morgan fingerprint density at radius 2 is 2.08 bits per heavy atom. The van der Waals surface area contributed by atoms with Gasteiger partial charge < -0.3 is 19.7 Å². The number of carbonyl (C=O) groups excluding carboxylic acids is 4. The van der Waals surface area contributed by atoms with Gasteiger partial charge in [-0.2, -0.15) is 0 Å². The molecule has 188 valence electrons. The number of rotatable bonds is 5. The Kier molecular flexibility index (Phi) is 5.56. The third-order valence-electron chi connectivity index (χ3n) is 7.52. The molecular formula is C24H26N6O6. The van der Waals surface area contributed by atoms with E-state index in [1.54, 1.807) is 18.2 Å². The number of nitrogens with one attached hydrogen (secondary N) is 2. The lowest BCUT2D eigenvalue weighted by atomic mass is 9.75. The van der Waals surface area contributed by atoms with Crippen LogP contribution < -0.4 is 10.6 Å². The largest absolute Gasteiger partial charge is 0.371 e. The van der Waals surface area contributed by atoms with Crippen LogP contribution in [0, 0.1) is 0 Å². The first kappa shape index (κ1) is 22.8. The summed E-state index contributed by atoms with van der Waals surface area (Å²) in [5.74, 6) is -1.38. The van der Waals surface area contributed by atoms with Crippen molar-refractivity contribution in [3.05, 3.63) is 41.2 Å². The Morgan fingerprint density at radius 1 is 1.22 bits per heavy atom. The summed E-state index contributed by atoms with van der Waals surface area (Å²) in [6.07, 6.45) is 4.82. The van der Waals surface area contributed by atoms with E-state index in [1.807, 2.05) is 0 Å². The Labute approximate surface area is 206 Å². The first-order chi connectivity index (χ1) is 17.4. The fourth-order valence-electron chi connectivity index (χ4n) is 5.39. The molecule has 4 aliphatic rings. The number of piperidine rings is 1. The van der Waals surface area contributed by atoms with Gasteiger partial charge in [-0.3, -0.25) is 24.5 Å². The van der Waals surface area contributed by atoms with Crippen molar-refractivity contribution in [2.45, 2.75) is 56.4 Å². The van der Waals surface area contributed by atoms with Gasteiger partial charge in [0.2, 0.25) is 11.8 Å². The highest BCUT2D eigenvalue weighted by Gasteiger charge is 2.48. The van der Waals surface area contributed by atoms with Gasteiger partial charge in [0.1, 0.15) is 12.1 Å². The first-order valence-electron chi connectivity index (χ1n) is 12.2. The zero-order valence-electron chi connectivity index (χ0n) is 19.6. The minimum absolute atomic E-state index is 0.163. The molecule has 1 spiro atoms. The number of hydrogen-bond donors (Lipinski definition) is 2. The molecule has 12 heteroatoms. The number of carbonyl (C=O) groups is 4. The van der Waals surface area contributed by atoms with Crippen LogP contribution in [0.1, 0.15) is 58.5 Å². The Morgan fingerprint density at radius 3 is 2.86 bits per heavy atom. The van der Waals surface area contributed by atoms with Gasteiger partial charge in [-0.05, 0) is 49.4 Å². The highest BCUT2D eigenvalue weighted by atomic mass is 16.6. The van der Waals surface area contributed by atoms with Crippen molar-refractivity contribution in [3.8, 4) is 5.69 Å². The molecule has 2 unspecified atom stereocenters. The van der Waals surface area contributed by atoms with E-state index in [9.17, 15) is 19.2 Å². The summed E-state index contributed by atoms with van der Waals surface area (Å²) in [6, 6.07) is 4.52. The highest BCUT2D eigenvalue weighted by Crippen LogP contribution is 2.41. The lowest BCUT2D eigenvalue weighted by Crippen LogP contribution is -2.59. The van der Waals surface area contributed by atoms with E-state index in [1.165, 1.54) is 15.8 Å². The van der Waals surface area contributed by atoms with Gasteiger partial charge in [-0.15, -0.1) is 5.10 Å². The molecule has 1 aromatic heterocycles. The van der Waals surface area contributed by atoms with E-state index in [0.717, 1.165) is 24.8 Å². The number of benzene rings is 1. The summed E-state index contributed by atoms with van der Waals surface area (Å²) < 4.78 is 13.3. The van der Waals surface area contributed by atoms with Gasteiger partial charge in [0, 0.05) is 25.1 Å².